The number of ether oxygens (including phenoxy) is 1. The summed E-state index contributed by atoms with van der Waals surface area (Å²) in [5.41, 5.74) is 2.65. The van der Waals surface area contributed by atoms with Gasteiger partial charge in [-0.1, -0.05) is 15.9 Å². The summed E-state index contributed by atoms with van der Waals surface area (Å²) < 4.78 is 8.45. The zero-order valence-corrected chi connectivity index (χ0v) is 13.9. The van der Waals surface area contributed by atoms with E-state index in [0.717, 1.165) is 32.8 Å². The van der Waals surface area contributed by atoms with Crippen LogP contribution in [-0.2, 0) is 0 Å². The number of benzene rings is 1. The smallest absolute Gasteiger partial charge is 0.142 e. The quantitative estimate of drug-likeness (QED) is 0.641. The van der Waals surface area contributed by atoms with Crippen molar-refractivity contribution < 1.29 is 4.74 Å². The van der Waals surface area contributed by atoms with Crippen molar-refractivity contribution in [2.75, 3.05) is 7.11 Å². The highest BCUT2D eigenvalue weighted by atomic mass is 79.9. The fourth-order valence-corrected chi connectivity index (χ4v) is 2.80. The summed E-state index contributed by atoms with van der Waals surface area (Å²) >= 11 is 9.81. The van der Waals surface area contributed by atoms with E-state index >= 15 is 0 Å². The van der Waals surface area contributed by atoms with Crippen LogP contribution in [0.2, 0.25) is 0 Å². The van der Waals surface area contributed by atoms with Gasteiger partial charge in [0.1, 0.15) is 17.1 Å². The van der Waals surface area contributed by atoms with Crippen LogP contribution in [0.3, 0.4) is 0 Å². The van der Waals surface area contributed by atoms with Crippen molar-refractivity contribution in [3.8, 4) is 11.4 Å². The highest BCUT2D eigenvalue weighted by Crippen LogP contribution is 2.33. The minimum atomic E-state index is -0.235. The molecule has 3 rings (SSSR count). The van der Waals surface area contributed by atoms with Crippen molar-refractivity contribution in [3.05, 3.63) is 47.0 Å². The van der Waals surface area contributed by atoms with Crippen molar-refractivity contribution >= 4 is 38.6 Å². The molecule has 1 atom stereocenters. The maximum Gasteiger partial charge on any atom is 0.142 e. The van der Waals surface area contributed by atoms with Gasteiger partial charge in [-0.05, 0) is 31.2 Å². The highest BCUT2D eigenvalue weighted by molar-refractivity contribution is 9.10. The number of aromatic nitrogens is 3. The molecular weight excluding hydrogens is 354 g/mol. The van der Waals surface area contributed by atoms with E-state index in [0.29, 0.717) is 0 Å². The Labute approximate surface area is 135 Å². The normalized spacial score (nSPS) is 12.6. The lowest BCUT2D eigenvalue weighted by molar-refractivity contribution is 0.412. The van der Waals surface area contributed by atoms with Crippen LogP contribution in [0.25, 0.3) is 16.7 Å². The monoisotopic (exact) mass is 365 g/mol. The molecule has 0 radical (unpaired) electrons. The van der Waals surface area contributed by atoms with Gasteiger partial charge in [0.25, 0.3) is 0 Å². The average molecular weight is 367 g/mol. The Hall–Kier alpha value is -1.59. The van der Waals surface area contributed by atoms with Crippen molar-refractivity contribution in [2.24, 2.45) is 0 Å². The first kappa shape index (κ1) is 14.4. The Morgan fingerprint density at radius 1 is 1.33 bits per heavy atom. The first-order chi connectivity index (χ1) is 10.1. The molecule has 6 heteroatoms. The minimum absolute atomic E-state index is 0.235. The third-order valence-electron chi connectivity index (χ3n) is 3.22. The summed E-state index contributed by atoms with van der Waals surface area (Å²) in [5.74, 6) is 1.52. The maximum atomic E-state index is 6.31. The van der Waals surface area contributed by atoms with Crippen LogP contribution >= 0.6 is 27.5 Å². The molecule has 2 heterocycles. The number of imidazole rings is 1. The van der Waals surface area contributed by atoms with Gasteiger partial charge in [0.15, 0.2) is 0 Å². The van der Waals surface area contributed by atoms with Gasteiger partial charge >= 0.3 is 0 Å². The van der Waals surface area contributed by atoms with Gasteiger partial charge in [-0.25, -0.2) is 4.98 Å². The van der Waals surface area contributed by atoms with Gasteiger partial charge in [0.05, 0.1) is 29.9 Å². The zero-order chi connectivity index (χ0) is 15.0. The highest BCUT2D eigenvalue weighted by Gasteiger charge is 2.19. The van der Waals surface area contributed by atoms with E-state index in [9.17, 15) is 0 Å². The second-order valence-electron chi connectivity index (χ2n) is 4.60. The second kappa shape index (κ2) is 5.66. The van der Waals surface area contributed by atoms with E-state index in [-0.39, 0.29) is 5.38 Å². The average Bonchev–Trinajstić information content (AvgIpc) is 2.86. The van der Waals surface area contributed by atoms with Crippen LogP contribution in [0.4, 0.5) is 0 Å². The van der Waals surface area contributed by atoms with Crippen molar-refractivity contribution in [3.63, 3.8) is 0 Å². The molecule has 1 aromatic carbocycles. The number of hydrogen-bond acceptors (Lipinski definition) is 3. The van der Waals surface area contributed by atoms with Crippen molar-refractivity contribution in [2.45, 2.75) is 12.3 Å². The predicted octanol–water partition coefficient (Wildman–Crippen LogP) is 4.49. The summed E-state index contributed by atoms with van der Waals surface area (Å²) in [5, 5.41) is -0.235. The van der Waals surface area contributed by atoms with Crippen LogP contribution in [0.1, 0.15) is 18.1 Å². The number of hydrogen-bond donors (Lipinski definition) is 0. The third kappa shape index (κ3) is 2.51. The molecule has 0 saturated carbocycles. The Bertz CT molecular complexity index is 801. The van der Waals surface area contributed by atoms with E-state index < -0.39 is 0 Å². The third-order valence-corrected chi connectivity index (χ3v) is 3.91. The summed E-state index contributed by atoms with van der Waals surface area (Å²) in [6, 6.07) is 7.76. The summed E-state index contributed by atoms with van der Waals surface area (Å²) in [4.78, 5) is 8.71. The molecule has 21 heavy (non-hydrogen) atoms. The number of alkyl halides is 1. The van der Waals surface area contributed by atoms with E-state index in [1.807, 2.05) is 35.8 Å². The van der Waals surface area contributed by atoms with E-state index in [1.165, 1.54) is 0 Å². The zero-order valence-electron chi connectivity index (χ0n) is 11.5. The maximum absolute atomic E-state index is 6.31. The molecule has 3 aromatic rings. The number of pyridine rings is 1. The predicted molar refractivity (Wildman–Crippen MR) is 87.4 cm³/mol. The van der Waals surface area contributed by atoms with Gasteiger partial charge in [0, 0.05) is 10.7 Å². The molecule has 0 bridgehead atoms. The van der Waals surface area contributed by atoms with E-state index in [2.05, 4.69) is 25.9 Å². The lowest BCUT2D eigenvalue weighted by Gasteiger charge is -2.14. The van der Waals surface area contributed by atoms with Gasteiger partial charge < -0.3 is 4.74 Å². The van der Waals surface area contributed by atoms with Crippen LogP contribution < -0.4 is 4.74 Å². The van der Waals surface area contributed by atoms with Gasteiger partial charge in [-0.2, -0.15) is 0 Å². The van der Waals surface area contributed by atoms with Crippen molar-refractivity contribution in [1.29, 1.82) is 0 Å². The molecule has 0 aliphatic carbocycles. The molecule has 0 aliphatic rings. The molecule has 1 unspecified atom stereocenters. The van der Waals surface area contributed by atoms with E-state index in [1.54, 1.807) is 19.5 Å². The number of halogens is 2. The second-order valence-corrected chi connectivity index (χ2v) is 6.17. The molecule has 0 fully saturated rings. The summed E-state index contributed by atoms with van der Waals surface area (Å²) in [6.45, 7) is 1.90. The molecule has 0 saturated heterocycles. The van der Waals surface area contributed by atoms with E-state index in [4.69, 9.17) is 16.3 Å². The minimum Gasteiger partial charge on any atom is -0.495 e. The molecule has 2 aromatic heterocycles. The topological polar surface area (TPSA) is 39.9 Å². The number of rotatable bonds is 3. The summed E-state index contributed by atoms with van der Waals surface area (Å²) in [6.07, 6.45) is 3.48. The summed E-state index contributed by atoms with van der Waals surface area (Å²) in [7, 11) is 1.65. The van der Waals surface area contributed by atoms with Crippen LogP contribution in [-0.4, -0.2) is 21.6 Å². The molecule has 0 aliphatic heterocycles. The van der Waals surface area contributed by atoms with Crippen molar-refractivity contribution in [1.82, 2.24) is 14.5 Å². The Balaban J connectivity index is 2.38. The fourth-order valence-electron chi connectivity index (χ4n) is 2.31. The molecule has 4 nitrogen and oxygen atoms in total. The van der Waals surface area contributed by atoms with Crippen LogP contribution in [0.5, 0.6) is 5.75 Å². The molecular formula is C15H13BrClN3O. The lowest BCUT2D eigenvalue weighted by atomic mass is 10.2. The largest absolute Gasteiger partial charge is 0.495 e. The fraction of sp³-hybridized carbons (Fsp3) is 0.200. The SMILES string of the molecule is COc1ccc(Br)cc1-n1c(C(C)Cl)nc2cnccc21. The molecule has 0 N–H and O–H groups in total. The Morgan fingerprint density at radius 3 is 2.86 bits per heavy atom. The molecule has 108 valence electrons. The Morgan fingerprint density at radius 2 is 2.14 bits per heavy atom. The van der Waals surface area contributed by atoms with Gasteiger partial charge in [-0.15, -0.1) is 11.6 Å². The standard InChI is InChI=1S/C15H13BrClN3O/c1-9(17)15-19-11-8-18-6-5-12(11)20(15)13-7-10(16)3-4-14(13)21-2/h3-9H,1-2H3. The van der Waals surface area contributed by atoms with Gasteiger partial charge in [0.2, 0.25) is 0 Å². The van der Waals surface area contributed by atoms with Gasteiger partial charge in [-0.3, -0.25) is 9.55 Å². The number of methoxy groups -OCH3 is 1. The molecule has 0 spiro atoms. The molecule has 0 amide bonds. The number of fused-ring (bicyclic) bond motifs is 1. The first-order valence-electron chi connectivity index (χ1n) is 6.42. The Kier molecular flexibility index (Phi) is 3.87. The van der Waals surface area contributed by atoms with Crippen LogP contribution in [0.15, 0.2) is 41.1 Å². The lowest BCUT2D eigenvalue weighted by Crippen LogP contribution is -2.04. The van der Waals surface area contributed by atoms with Crippen LogP contribution in [0, 0.1) is 0 Å². The number of nitrogens with zero attached hydrogens (tertiary/aromatic N) is 3. The first-order valence-corrected chi connectivity index (χ1v) is 7.65.